The van der Waals surface area contributed by atoms with Gasteiger partial charge in [0.15, 0.2) is 5.82 Å². The van der Waals surface area contributed by atoms with Crippen LogP contribution in [0.2, 0.25) is 0 Å². The molecule has 1 aliphatic carbocycles. The summed E-state index contributed by atoms with van der Waals surface area (Å²) in [5.74, 6) is 1.28. The number of carbonyl (C=O) groups is 1. The standard InChI is InChI=1S/C19H28N4O3/c1-12-9-15(26-22-12)10-18(25)20-17-11-16(23(21-17)19(2,3)4)13-5-7-14(24)8-6-13/h9,11,13-14,24H,5-8,10H2,1-4H3,(H,20,21,25). The lowest BCUT2D eigenvalue weighted by atomic mass is 9.85. The number of nitrogens with one attached hydrogen (secondary N) is 1. The first-order chi connectivity index (χ1) is 12.2. The Morgan fingerprint density at radius 2 is 2.00 bits per heavy atom. The SMILES string of the molecule is Cc1cc(CC(=O)Nc2cc(C3CCC(O)CC3)n(C(C)(C)C)n2)on1. The lowest BCUT2D eigenvalue weighted by Crippen LogP contribution is -2.28. The molecule has 0 spiro atoms. The number of aliphatic hydroxyl groups excluding tert-OH is 1. The Hall–Kier alpha value is -2.15. The minimum atomic E-state index is -0.193. The van der Waals surface area contributed by atoms with Gasteiger partial charge in [-0.3, -0.25) is 9.48 Å². The van der Waals surface area contributed by atoms with Crippen LogP contribution in [-0.2, 0) is 16.8 Å². The maximum atomic E-state index is 12.3. The second-order valence-corrected chi connectivity index (χ2v) is 8.20. The van der Waals surface area contributed by atoms with Crippen molar-refractivity contribution < 1.29 is 14.4 Å². The van der Waals surface area contributed by atoms with Gasteiger partial charge in [0.1, 0.15) is 5.76 Å². The zero-order valence-corrected chi connectivity index (χ0v) is 16.0. The smallest absolute Gasteiger partial charge is 0.233 e. The number of amides is 1. The predicted octanol–water partition coefficient (Wildman–Crippen LogP) is 3.13. The Morgan fingerprint density at radius 3 is 2.58 bits per heavy atom. The lowest BCUT2D eigenvalue weighted by molar-refractivity contribution is -0.115. The van der Waals surface area contributed by atoms with Gasteiger partial charge < -0.3 is 14.9 Å². The van der Waals surface area contributed by atoms with Gasteiger partial charge in [0.2, 0.25) is 5.91 Å². The number of anilines is 1. The van der Waals surface area contributed by atoms with E-state index in [1.165, 1.54) is 0 Å². The summed E-state index contributed by atoms with van der Waals surface area (Å²) in [6.07, 6.45) is 3.44. The summed E-state index contributed by atoms with van der Waals surface area (Å²) in [7, 11) is 0. The fraction of sp³-hybridized carbons (Fsp3) is 0.632. The number of rotatable bonds is 4. The summed E-state index contributed by atoms with van der Waals surface area (Å²) in [5.41, 5.74) is 1.69. The number of hydrogen-bond acceptors (Lipinski definition) is 5. The van der Waals surface area contributed by atoms with Crippen LogP contribution in [0.4, 0.5) is 5.82 Å². The lowest BCUT2D eigenvalue weighted by Gasteiger charge is -2.29. The van der Waals surface area contributed by atoms with Crippen LogP contribution in [0, 0.1) is 6.92 Å². The molecule has 2 aromatic rings. The van der Waals surface area contributed by atoms with Gasteiger partial charge in [-0.05, 0) is 53.4 Å². The van der Waals surface area contributed by atoms with Crippen LogP contribution in [0.5, 0.6) is 0 Å². The molecule has 3 rings (SSSR count). The van der Waals surface area contributed by atoms with Crippen molar-refractivity contribution in [2.45, 2.75) is 77.4 Å². The number of hydrogen-bond donors (Lipinski definition) is 2. The van der Waals surface area contributed by atoms with Crippen molar-refractivity contribution in [3.05, 3.63) is 29.3 Å². The molecule has 0 unspecified atom stereocenters. The van der Waals surface area contributed by atoms with E-state index in [-0.39, 0.29) is 24.0 Å². The Morgan fingerprint density at radius 1 is 1.31 bits per heavy atom. The first-order valence-corrected chi connectivity index (χ1v) is 9.23. The van der Waals surface area contributed by atoms with Crippen molar-refractivity contribution in [2.75, 3.05) is 5.32 Å². The van der Waals surface area contributed by atoms with E-state index in [0.29, 0.717) is 17.5 Å². The summed E-state index contributed by atoms with van der Waals surface area (Å²) in [6.45, 7) is 8.13. The molecule has 1 aliphatic rings. The molecule has 2 aromatic heterocycles. The summed E-state index contributed by atoms with van der Waals surface area (Å²) in [4.78, 5) is 12.3. The summed E-state index contributed by atoms with van der Waals surface area (Å²) < 4.78 is 7.10. The van der Waals surface area contributed by atoms with Gasteiger partial charge in [-0.15, -0.1) is 0 Å². The molecule has 142 valence electrons. The molecule has 1 amide bonds. The first-order valence-electron chi connectivity index (χ1n) is 9.23. The minimum absolute atomic E-state index is 0.133. The van der Waals surface area contributed by atoms with Crippen molar-refractivity contribution in [1.82, 2.24) is 14.9 Å². The summed E-state index contributed by atoms with van der Waals surface area (Å²) >= 11 is 0. The Kier molecular flexibility index (Phi) is 5.18. The normalized spacial score (nSPS) is 21.0. The van der Waals surface area contributed by atoms with Gasteiger partial charge in [0.25, 0.3) is 0 Å². The van der Waals surface area contributed by atoms with Crippen LogP contribution < -0.4 is 5.32 Å². The molecule has 2 N–H and O–H groups in total. The molecule has 0 bridgehead atoms. The highest BCUT2D eigenvalue weighted by molar-refractivity contribution is 5.91. The molecule has 26 heavy (non-hydrogen) atoms. The zero-order valence-electron chi connectivity index (χ0n) is 16.0. The molecule has 1 saturated carbocycles. The van der Waals surface area contributed by atoms with Gasteiger partial charge in [0, 0.05) is 23.7 Å². The highest BCUT2D eigenvalue weighted by Crippen LogP contribution is 2.36. The van der Waals surface area contributed by atoms with Gasteiger partial charge >= 0.3 is 0 Å². The van der Waals surface area contributed by atoms with Crippen molar-refractivity contribution in [3.8, 4) is 0 Å². The van der Waals surface area contributed by atoms with Crippen LogP contribution in [0.1, 0.15) is 69.5 Å². The van der Waals surface area contributed by atoms with Crippen LogP contribution in [0.15, 0.2) is 16.7 Å². The number of carbonyl (C=O) groups excluding carboxylic acids is 1. The molecule has 1 fully saturated rings. The van der Waals surface area contributed by atoms with Crippen LogP contribution in [0.25, 0.3) is 0 Å². The fourth-order valence-corrected chi connectivity index (χ4v) is 3.50. The molecule has 0 radical (unpaired) electrons. The molecular weight excluding hydrogens is 332 g/mol. The molecular formula is C19H28N4O3. The molecule has 7 heteroatoms. The molecule has 0 saturated heterocycles. The van der Waals surface area contributed by atoms with E-state index in [0.717, 1.165) is 37.1 Å². The predicted molar refractivity (Wildman–Crippen MR) is 98.0 cm³/mol. The molecule has 0 aromatic carbocycles. The highest BCUT2D eigenvalue weighted by Gasteiger charge is 2.28. The van der Waals surface area contributed by atoms with E-state index in [2.05, 4.69) is 36.3 Å². The number of aryl methyl sites for hydroxylation is 1. The Labute approximate surface area is 153 Å². The minimum Gasteiger partial charge on any atom is -0.393 e. The van der Waals surface area contributed by atoms with Crippen LogP contribution in [-0.4, -0.2) is 32.1 Å². The van der Waals surface area contributed by atoms with E-state index in [9.17, 15) is 9.90 Å². The van der Waals surface area contributed by atoms with E-state index in [4.69, 9.17) is 4.52 Å². The van der Waals surface area contributed by atoms with Gasteiger partial charge in [-0.1, -0.05) is 5.16 Å². The van der Waals surface area contributed by atoms with Crippen molar-refractivity contribution >= 4 is 11.7 Å². The number of aliphatic hydroxyl groups is 1. The molecule has 0 aliphatic heterocycles. The monoisotopic (exact) mass is 360 g/mol. The highest BCUT2D eigenvalue weighted by atomic mass is 16.5. The summed E-state index contributed by atoms with van der Waals surface area (Å²) in [5, 5.41) is 21.1. The average molecular weight is 360 g/mol. The second-order valence-electron chi connectivity index (χ2n) is 8.20. The Balaban J connectivity index is 1.76. The van der Waals surface area contributed by atoms with Crippen LogP contribution >= 0.6 is 0 Å². The Bertz CT molecular complexity index is 764. The van der Waals surface area contributed by atoms with Gasteiger partial charge in [0.05, 0.1) is 23.8 Å². The molecule has 7 nitrogen and oxygen atoms in total. The van der Waals surface area contributed by atoms with Gasteiger partial charge in [-0.25, -0.2) is 0 Å². The number of aromatic nitrogens is 3. The number of nitrogens with zero attached hydrogens (tertiary/aromatic N) is 3. The largest absolute Gasteiger partial charge is 0.393 e. The van der Waals surface area contributed by atoms with Crippen molar-refractivity contribution in [1.29, 1.82) is 0 Å². The first kappa shape index (κ1) is 18.6. The second kappa shape index (κ2) is 7.23. The summed E-state index contributed by atoms with van der Waals surface area (Å²) in [6, 6.07) is 3.73. The van der Waals surface area contributed by atoms with E-state index in [1.54, 1.807) is 6.07 Å². The average Bonchev–Trinajstić information content (AvgIpc) is 3.14. The third kappa shape index (κ3) is 4.33. The third-order valence-electron chi connectivity index (χ3n) is 4.77. The van der Waals surface area contributed by atoms with E-state index >= 15 is 0 Å². The fourth-order valence-electron chi connectivity index (χ4n) is 3.50. The maximum Gasteiger partial charge on any atom is 0.233 e. The van der Waals surface area contributed by atoms with Gasteiger partial charge in [-0.2, -0.15) is 5.10 Å². The third-order valence-corrected chi connectivity index (χ3v) is 4.77. The van der Waals surface area contributed by atoms with E-state index < -0.39 is 0 Å². The van der Waals surface area contributed by atoms with Crippen molar-refractivity contribution in [3.63, 3.8) is 0 Å². The van der Waals surface area contributed by atoms with Crippen LogP contribution in [0.3, 0.4) is 0 Å². The van der Waals surface area contributed by atoms with E-state index in [1.807, 2.05) is 17.7 Å². The molecule has 0 atom stereocenters. The van der Waals surface area contributed by atoms with Crippen molar-refractivity contribution in [2.24, 2.45) is 0 Å². The quantitative estimate of drug-likeness (QED) is 0.874. The molecule has 2 heterocycles. The maximum absolute atomic E-state index is 12.3. The topological polar surface area (TPSA) is 93.2 Å². The zero-order chi connectivity index (χ0) is 18.9.